The molecule has 1 aromatic carbocycles. The van der Waals surface area contributed by atoms with Crippen LogP contribution >= 0.6 is 11.6 Å². The summed E-state index contributed by atoms with van der Waals surface area (Å²) in [6.07, 6.45) is 1.39. The van der Waals surface area contributed by atoms with Crippen molar-refractivity contribution in [2.75, 3.05) is 39.9 Å². The van der Waals surface area contributed by atoms with Crippen LogP contribution < -0.4 is 15.4 Å². The third kappa shape index (κ3) is 5.39. The number of hydrogen-bond donors (Lipinski definition) is 3. The topological polar surface area (TPSA) is 96.5 Å². The van der Waals surface area contributed by atoms with Crippen molar-refractivity contribution in [1.29, 1.82) is 0 Å². The molecule has 0 unspecified atom stereocenters. The summed E-state index contributed by atoms with van der Waals surface area (Å²) in [7, 11) is -2.07. The molecule has 140 valence electrons. The molecule has 0 bridgehead atoms. The molecule has 1 fully saturated rings. The number of methoxy groups -OCH3 is 1. The minimum absolute atomic E-state index is 0.0977. The molecule has 1 aliphatic rings. The number of hydrogen-bond acceptors (Lipinski definition) is 5. The second kappa shape index (κ2) is 8.95. The van der Waals surface area contributed by atoms with E-state index < -0.39 is 15.4 Å². The lowest BCUT2D eigenvalue weighted by atomic mass is 9.78. The van der Waals surface area contributed by atoms with Crippen LogP contribution in [0, 0.1) is 5.41 Å². The summed E-state index contributed by atoms with van der Waals surface area (Å²) in [5, 5.41) is 6.39. The van der Waals surface area contributed by atoms with Gasteiger partial charge in [-0.15, -0.1) is 0 Å². The van der Waals surface area contributed by atoms with Crippen molar-refractivity contribution in [2.24, 2.45) is 5.41 Å². The van der Waals surface area contributed by atoms with Crippen molar-refractivity contribution >= 4 is 27.5 Å². The molecule has 9 heteroatoms. The standard InChI is InChI=1S/C16H24ClN3O4S/c1-24-12-16(5-7-18-8-6-16)15(21)19-9-10-20-25(22,23)14-4-2-3-13(17)11-14/h2-4,11,18,20H,5-10,12H2,1H3,(H,19,21). The van der Waals surface area contributed by atoms with Gasteiger partial charge in [-0.2, -0.15) is 0 Å². The van der Waals surface area contributed by atoms with Crippen LogP contribution in [0.25, 0.3) is 0 Å². The molecule has 0 aromatic heterocycles. The number of sulfonamides is 1. The summed E-state index contributed by atoms with van der Waals surface area (Å²) in [6, 6.07) is 6.03. The number of ether oxygens (including phenoxy) is 1. The lowest BCUT2D eigenvalue weighted by molar-refractivity contribution is -0.136. The monoisotopic (exact) mass is 389 g/mol. The maximum absolute atomic E-state index is 12.5. The number of halogens is 1. The van der Waals surface area contributed by atoms with E-state index in [1.54, 1.807) is 19.2 Å². The highest BCUT2D eigenvalue weighted by Gasteiger charge is 2.39. The molecule has 2 rings (SSSR count). The van der Waals surface area contributed by atoms with Crippen molar-refractivity contribution in [3.8, 4) is 0 Å². The number of carbonyl (C=O) groups is 1. The summed E-state index contributed by atoms with van der Waals surface area (Å²) in [5.74, 6) is -0.0993. The second-order valence-electron chi connectivity index (χ2n) is 6.07. The van der Waals surface area contributed by atoms with Gasteiger partial charge in [0, 0.05) is 25.2 Å². The van der Waals surface area contributed by atoms with E-state index >= 15 is 0 Å². The number of carbonyl (C=O) groups excluding carboxylic acids is 1. The van der Waals surface area contributed by atoms with Crippen molar-refractivity contribution in [3.63, 3.8) is 0 Å². The Labute approximate surface area is 153 Å². The Kier molecular flexibility index (Phi) is 7.21. The first-order chi connectivity index (χ1) is 11.9. The first-order valence-corrected chi connectivity index (χ1v) is 9.99. The summed E-state index contributed by atoms with van der Waals surface area (Å²) < 4.78 is 32.1. The van der Waals surface area contributed by atoms with Crippen molar-refractivity contribution in [1.82, 2.24) is 15.4 Å². The summed E-state index contributed by atoms with van der Waals surface area (Å²) >= 11 is 5.82. The van der Waals surface area contributed by atoms with Gasteiger partial charge in [0.1, 0.15) is 0 Å². The molecule has 0 radical (unpaired) electrons. The van der Waals surface area contributed by atoms with Gasteiger partial charge in [0.2, 0.25) is 15.9 Å². The molecular formula is C16H24ClN3O4S. The number of rotatable bonds is 8. The Balaban J connectivity index is 1.86. The zero-order valence-corrected chi connectivity index (χ0v) is 15.8. The lowest BCUT2D eigenvalue weighted by Gasteiger charge is -2.35. The molecule has 3 N–H and O–H groups in total. The molecule has 25 heavy (non-hydrogen) atoms. The second-order valence-corrected chi connectivity index (χ2v) is 8.28. The molecule has 1 aromatic rings. The maximum atomic E-state index is 12.5. The predicted octanol–water partition coefficient (Wildman–Crippen LogP) is 0.751. The molecule has 0 saturated carbocycles. The van der Waals surface area contributed by atoms with Crippen LogP contribution in [-0.2, 0) is 19.6 Å². The molecule has 7 nitrogen and oxygen atoms in total. The third-order valence-corrected chi connectivity index (χ3v) is 5.97. The minimum atomic E-state index is -3.65. The largest absolute Gasteiger partial charge is 0.384 e. The van der Waals surface area contributed by atoms with E-state index in [-0.39, 0.29) is 23.9 Å². The lowest BCUT2D eigenvalue weighted by Crippen LogP contribution is -2.51. The fraction of sp³-hybridized carbons (Fsp3) is 0.562. The Morgan fingerprint density at radius 1 is 1.32 bits per heavy atom. The summed E-state index contributed by atoms with van der Waals surface area (Å²) in [6.45, 7) is 2.19. The summed E-state index contributed by atoms with van der Waals surface area (Å²) in [4.78, 5) is 12.6. The zero-order chi connectivity index (χ0) is 18.3. The molecule has 1 heterocycles. The van der Waals surface area contributed by atoms with Gasteiger partial charge in [0.05, 0.1) is 16.9 Å². The molecule has 0 atom stereocenters. The van der Waals surface area contributed by atoms with Gasteiger partial charge in [0.25, 0.3) is 0 Å². The molecule has 1 saturated heterocycles. The van der Waals surface area contributed by atoms with Crippen LogP contribution in [0.5, 0.6) is 0 Å². The SMILES string of the molecule is COCC1(C(=O)NCCNS(=O)(=O)c2cccc(Cl)c2)CCNCC1. The van der Waals surface area contributed by atoms with Gasteiger partial charge >= 0.3 is 0 Å². The van der Waals surface area contributed by atoms with Gasteiger partial charge in [-0.3, -0.25) is 4.79 Å². The number of piperidine rings is 1. The van der Waals surface area contributed by atoms with Crippen molar-refractivity contribution in [3.05, 3.63) is 29.3 Å². The Morgan fingerprint density at radius 3 is 2.68 bits per heavy atom. The van der Waals surface area contributed by atoms with Crippen LogP contribution in [0.3, 0.4) is 0 Å². The van der Waals surface area contributed by atoms with Gasteiger partial charge in [-0.25, -0.2) is 13.1 Å². The average Bonchev–Trinajstić information content (AvgIpc) is 2.59. The quantitative estimate of drug-likeness (QED) is 0.570. The Bertz CT molecular complexity index is 685. The molecule has 1 aliphatic heterocycles. The smallest absolute Gasteiger partial charge is 0.240 e. The van der Waals surface area contributed by atoms with Crippen molar-refractivity contribution < 1.29 is 17.9 Å². The van der Waals surface area contributed by atoms with Crippen LogP contribution in [-0.4, -0.2) is 54.2 Å². The Hall–Kier alpha value is -1.19. The number of amides is 1. The fourth-order valence-electron chi connectivity index (χ4n) is 2.88. The van der Waals surface area contributed by atoms with E-state index in [1.807, 2.05) is 0 Å². The first kappa shape index (κ1) is 20.1. The minimum Gasteiger partial charge on any atom is -0.384 e. The highest BCUT2D eigenvalue weighted by atomic mass is 35.5. The van der Waals surface area contributed by atoms with E-state index in [0.29, 0.717) is 24.5 Å². The van der Waals surface area contributed by atoms with Crippen LogP contribution in [0.2, 0.25) is 5.02 Å². The van der Waals surface area contributed by atoms with E-state index in [1.165, 1.54) is 12.1 Å². The van der Waals surface area contributed by atoms with E-state index in [4.69, 9.17) is 16.3 Å². The van der Waals surface area contributed by atoms with Crippen molar-refractivity contribution in [2.45, 2.75) is 17.7 Å². The maximum Gasteiger partial charge on any atom is 0.240 e. The molecule has 1 amide bonds. The average molecular weight is 390 g/mol. The normalized spacial score (nSPS) is 17.2. The fourth-order valence-corrected chi connectivity index (χ4v) is 4.22. The zero-order valence-electron chi connectivity index (χ0n) is 14.2. The Morgan fingerprint density at radius 2 is 2.04 bits per heavy atom. The summed E-state index contributed by atoms with van der Waals surface area (Å²) in [5.41, 5.74) is -0.550. The number of nitrogens with one attached hydrogen (secondary N) is 3. The van der Waals surface area contributed by atoms with Gasteiger partial charge in [-0.05, 0) is 44.1 Å². The molecule has 0 aliphatic carbocycles. The van der Waals surface area contributed by atoms with E-state index in [9.17, 15) is 13.2 Å². The highest BCUT2D eigenvalue weighted by molar-refractivity contribution is 7.89. The predicted molar refractivity (Wildman–Crippen MR) is 96.1 cm³/mol. The van der Waals surface area contributed by atoms with E-state index in [0.717, 1.165) is 13.1 Å². The number of benzene rings is 1. The van der Waals surface area contributed by atoms with Gasteiger partial charge < -0.3 is 15.4 Å². The van der Waals surface area contributed by atoms with Crippen LogP contribution in [0.4, 0.5) is 0 Å². The van der Waals surface area contributed by atoms with Crippen LogP contribution in [0.1, 0.15) is 12.8 Å². The first-order valence-electron chi connectivity index (χ1n) is 8.13. The molecular weight excluding hydrogens is 366 g/mol. The third-order valence-electron chi connectivity index (χ3n) is 4.27. The highest BCUT2D eigenvalue weighted by Crippen LogP contribution is 2.29. The van der Waals surface area contributed by atoms with Crippen LogP contribution in [0.15, 0.2) is 29.2 Å². The van der Waals surface area contributed by atoms with Gasteiger partial charge in [0.15, 0.2) is 0 Å². The van der Waals surface area contributed by atoms with Gasteiger partial charge in [-0.1, -0.05) is 17.7 Å². The van der Waals surface area contributed by atoms with E-state index in [2.05, 4.69) is 15.4 Å². The molecule has 0 spiro atoms.